The molecule has 0 aromatic carbocycles. The third-order valence-corrected chi connectivity index (χ3v) is 5.21. The Hall–Kier alpha value is -2.27. The van der Waals surface area contributed by atoms with Gasteiger partial charge >= 0.3 is 18.0 Å². The first-order valence-electron chi connectivity index (χ1n) is 9.22. The summed E-state index contributed by atoms with van der Waals surface area (Å²) < 4.78 is 45.6. The third-order valence-electron chi connectivity index (χ3n) is 4.64. The minimum atomic E-state index is -4.75. The normalized spacial score (nSPS) is 22.1. The lowest BCUT2D eigenvalue weighted by molar-refractivity contribution is -0.154. The fraction of sp³-hybridized carbons (Fsp3) is 0.611. The Labute approximate surface area is 175 Å². The van der Waals surface area contributed by atoms with E-state index < -0.39 is 34.5 Å². The maximum absolute atomic E-state index is 13.6. The molecule has 0 saturated carbocycles. The van der Waals surface area contributed by atoms with Crippen LogP contribution in [0.1, 0.15) is 39.5 Å². The van der Waals surface area contributed by atoms with E-state index in [0.717, 1.165) is 12.2 Å². The van der Waals surface area contributed by atoms with E-state index in [1.807, 2.05) is 5.10 Å². The summed E-state index contributed by atoms with van der Waals surface area (Å²) in [7, 11) is 0. The molecule has 30 heavy (non-hydrogen) atoms. The van der Waals surface area contributed by atoms with Crippen LogP contribution in [-0.4, -0.2) is 62.0 Å². The van der Waals surface area contributed by atoms with Crippen molar-refractivity contribution >= 4 is 23.3 Å². The number of alkyl halides is 4. The lowest BCUT2D eigenvalue weighted by Crippen LogP contribution is -2.55. The smallest absolute Gasteiger partial charge is 0.434 e. The molecule has 1 aliphatic carbocycles. The SMILES string of the molecule is CC(C)(C)N(CCCCNC1C=C(c2n[nH]c(=O)o2)C=CC1(Cl)C(F)(F)F)C(=O)O. The van der Waals surface area contributed by atoms with Gasteiger partial charge in [0.05, 0.1) is 6.04 Å². The van der Waals surface area contributed by atoms with Crippen molar-refractivity contribution in [3.8, 4) is 0 Å². The van der Waals surface area contributed by atoms with Crippen molar-refractivity contribution in [1.82, 2.24) is 20.4 Å². The first kappa shape index (κ1) is 24.0. The molecular weight excluding hydrogens is 429 g/mol. The number of aromatic nitrogens is 2. The number of hydrogen-bond acceptors (Lipinski definition) is 5. The molecule has 1 aliphatic rings. The van der Waals surface area contributed by atoms with E-state index in [9.17, 15) is 27.9 Å². The Morgan fingerprint density at radius 3 is 2.57 bits per heavy atom. The van der Waals surface area contributed by atoms with E-state index in [2.05, 4.69) is 10.4 Å². The molecule has 2 unspecified atom stereocenters. The lowest BCUT2D eigenvalue weighted by atomic mass is 9.89. The van der Waals surface area contributed by atoms with Crippen molar-refractivity contribution in [2.45, 2.75) is 56.2 Å². The number of nitrogens with zero attached hydrogens (tertiary/aromatic N) is 2. The molecule has 0 spiro atoms. The van der Waals surface area contributed by atoms with Gasteiger partial charge in [-0.25, -0.2) is 14.7 Å². The highest BCUT2D eigenvalue weighted by atomic mass is 35.5. The quantitative estimate of drug-likeness (QED) is 0.432. The number of hydrogen-bond donors (Lipinski definition) is 3. The second-order valence-corrected chi connectivity index (χ2v) is 8.51. The van der Waals surface area contributed by atoms with Gasteiger partial charge in [-0.05, 0) is 40.2 Å². The predicted molar refractivity (Wildman–Crippen MR) is 104 cm³/mol. The van der Waals surface area contributed by atoms with Gasteiger partial charge in [-0.2, -0.15) is 13.2 Å². The molecule has 1 heterocycles. The van der Waals surface area contributed by atoms with Crippen LogP contribution >= 0.6 is 11.6 Å². The molecule has 2 atom stereocenters. The monoisotopic (exact) mass is 452 g/mol. The Bertz CT molecular complexity index is 872. The zero-order valence-corrected chi connectivity index (χ0v) is 17.5. The van der Waals surface area contributed by atoms with Gasteiger partial charge in [0.1, 0.15) is 0 Å². The zero-order valence-electron chi connectivity index (χ0n) is 16.7. The molecule has 0 fully saturated rings. The van der Waals surface area contributed by atoms with Crippen LogP contribution in [0.2, 0.25) is 0 Å². The minimum Gasteiger partial charge on any atom is -0.465 e. The van der Waals surface area contributed by atoms with Gasteiger partial charge in [-0.3, -0.25) is 0 Å². The number of allylic oxidation sites excluding steroid dienone is 2. The molecule has 1 aromatic rings. The topological polar surface area (TPSA) is 111 Å². The summed E-state index contributed by atoms with van der Waals surface area (Å²) >= 11 is 5.91. The van der Waals surface area contributed by atoms with Crippen molar-refractivity contribution < 1.29 is 27.5 Å². The van der Waals surface area contributed by atoms with Crippen LogP contribution in [0, 0.1) is 0 Å². The van der Waals surface area contributed by atoms with Crippen molar-refractivity contribution in [3.63, 3.8) is 0 Å². The Morgan fingerprint density at radius 1 is 1.40 bits per heavy atom. The van der Waals surface area contributed by atoms with Gasteiger partial charge in [0.15, 0.2) is 4.87 Å². The lowest BCUT2D eigenvalue weighted by Gasteiger charge is -2.36. The van der Waals surface area contributed by atoms with E-state index in [-0.39, 0.29) is 24.6 Å². The van der Waals surface area contributed by atoms with Crippen LogP contribution in [0.4, 0.5) is 18.0 Å². The van der Waals surface area contributed by atoms with Gasteiger partial charge in [0.25, 0.3) is 0 Å². The first-order valence-corrected chi connectivity index (χ1v) is 9.60. The number of aromatic amines is 1. The molecule has 1 amide bonds. The van der Waals surface area contributed by atoms with Crippen molar-refractivity contribution in [2.75, 3.05) is 13.1 Å². The maximum atomic E-state index is 13.6. The molecular formula is C18H24ClF3N4O4. The summed E-state index contributed by atoms with van der Waals surface area (Å²) in [5.74, 6) is -0.976. The fourth-order valence-corrected chi connectivity index (χ4v) is 3.22. The highest BCUT2D eigenvalue weighted by Gasteiger charge is 2.57. The van der Waals surface area contributed by atoms with Crippen LogP contribution in [0.3, 0.4) is 0 Å². The Morgan fingerprint density at radius 2 is 2.07 bits per heavy atom. The Balaban J connectivity index is 2.06. The van der Waals surface area contributed by atoms with Crippen molar-refractivity contribution in [2.24, 2.45) is 0 Å². The molecule has 0 aliphatic heterocycles. The minimum absolute atomic E-state index is 0.147. The first-order chi connectivity index (χ1) is 13.8. The summed E-state index contributed by atoms with van der Waals surface area (Å²) in [5, 5.41) is 17.7. The van der Waals surface area contributed by atoms with E-state index in [4.69, 9.17) is 16.0 Å². The average Bonchev–Trinajstić information content (AvgIpc) is 3.03. The van der Waals surface area contributed by atoms with Gasteiger partial charge in [0, 0.05) is 17.7 Å². The second kappa shape index (κ2) is 8.84. The van der Waals surface area contributed by atoms with Gasteiger partial charge < -0.3 is 19.7 Å². The third kappa shape index (κ3) is 5.45. The van der Waals surface area contributed by atoms with Gasteiger partial charge in [0.2, 0.25) is 5.89 Å². The Kier molecular flexibility index (Phi) is 7.08. The van der Waals surface area contributed by atoms with E-state index in [1.54, 1.807) is 20.8 Å². The van der Waals surface area contributed by atoms with Crippen LogP contribution < -0.4 is 11.1 Å². The number of rotatable bonds is 7. The van der Waals surface area contributed by atoms with Crippen LogP contribution in [0.25, 0.3) is 5.57 Å². The molecule has 168 valence electrons. The summed E-state index contributed by atoms with van der Waals surface area (Å²) in [6.45, 7) is 5.70. The van der Waals surface area contributed by atoms with E-state index in [1.165, 1.54) is 11.0 Å². The summed E-state index contributed by atoms with van der Waals surface area (Å²) in [6, 6.07) is -1.35. The molecule has 0 saturated heterocycles. The van der Waals surface area contributed by atoms with Gasteiger partial charge in [-0.1, -0.05) is 18.2 Å². The number of unbranched alkanes of at least 4 members (excludes halogenated alkanes) is 1. The highest BCUT2D eigenvalue weighted by molar-refractivity contribution is 6.27. The number of nitrogens with one attached hydrogen (secondary N) is 2. The van der Waals surface area contributed by atoms with Crippen molar-refractivity contribution in [3.05, 3.63) is 34.7 Å². The average molecular weight is 453 g/mol. The molecule has 8 nitrogen and oxygen atoms in total. The summed E-state index contributed by atoms with van der Waals surface area (Å²) in [5.41, 5.74) is -0.406. The molecule has 0 bridgehead atoms. The summed E-state index contributed by atoms with van der Waals surface area (Å²) in [6.07, 6.45) is -1.83. The van der Waals surface area contributed by atoms with E-state index >= 15 is 0 Å². The molecule has 0 radical (unpaired) electrons. The van der Waals surface area contributed by atoms with Crippen LogP contribution in [0.15, 0.2) is 27.4 Å². The fourth-order valence-electron chi connectivity index (χ4n) is 3.02. The van der Waals surface area contributed by atoms with Crippen molar-refractivity contribution in [1.29, 1.82) is 0 Å². The molecule has 12 heteroatoms. The predicted octanol–water partition coefficient (Wildman–Crippen LogP) is 3.37. The van der Waals surface area contributed by atoms with Gasteiger partial charge in [-0.15, -0.1) is 16.7 Å². The summed E-state index contributed by atoms with van der Waals surface area (Å²) in [4.78, 5) is 21.0. The standard InChI is InChI=1S/C18H24ClF3N4O4/c1-16(2,3)26(15(28)29)9-5-4-8-23-12-10-11(13-24-25-14(27)30-13)6-7-17(12,19)18(20,21)22/h6-7,10,12,23H,4-5,8-9H2,1-3H3,(H,25,27)(H,28,29). The van der Waals surface area contributed by atoms with E-state index in [0.29, 0.717) is 12.8 Å². The van der Waals surface area contributed by atoms with Crippen LogP contribution in [-0.2, 0) is 0 Å². The molecule has 2 rings (SSSR count). The number of carboxylic acid groups (broad SMARTS) is 1. The largest absolute Gasteiger partial charge is 0.465 e. The number of halogens is 4. The second-order valence-electron chi connectivity index (χ2n) is 7.88. The molecule has 1 aromatic heterocycles. The number of carbonyl (C=O) groups is 1. The number of amides is 1. The number of H-pyrrole nitrogens is 1. The maximum Gasteiger partial charge on any atom is 0.434 e. The molecule has 3 N–H and O–H groups in total. The van der Waals surface area contributed by atoms with Crippen LogP contribution in [0.5, 0.6) is 0 Å². The zero-order chi connectivity index (χ0) is 22.7. The highest BCUT2D eigenvalue weighted by Crippen LogP contribution is 2.43.